The molecule has 0 radical (unpaired) electrons. The maximum atomic E-state index is 12.5. The summed E-state index contributed by atoms with van der Waals surface area (Å²) in [7, 11) is 0. The molecule has 7 heteroatoms. The molecule has 1 saturated heterocycles. The Balaban J connectivity index is 1.47. The lowest BCUT2D eigenvalue weighted by Crippen LogP contribution is -2.28. The first-order valence-electron chi connectivity index (χ1n) is 8.87. The van der Waals surface area contributed by atoms with Crippen molar-refractivity contribution in [1.29, 1.82) is 0 Å². The number of imide groups is 1. The number of rotatable bonds is 3. The zero-order valence-corrected chi connectivity index (χ0v) is 15.1. The highest BCUT2D eigenvalue weighted by Crippen LogP contribution is 2.29. The van der Waals surface area contributed by atoms with Crippen LogP contribution in [0.1, 0.15) is 53.0 Å². The van der Waals surface area contributed by atoms with Gasteiger partial charge in [-0.25, -0.2) is 4.98 Å². The van der Waals surface area contributed by atoms with Crippen molar-refractivity contribution in [2.75, 3.05) is 10.2 Å². The van der Waals surface area contributed by atoms with Gasteiger partial charge in [-0.3, -0.25) is 24.6 Å². The standard InChI is InChI=1S/C19H19N3O3S/c23-16-10-11-17(24)22(16)13-8-6-12(7-9-13)18(25)21-19-20-14-4-2-1-3-5-15(14)26-19/h6-9H,1-5,10-11H2,(H,20,21,25). The maximum absolute atomic E-state index is 12.5. The molecule has 3 amide bonds. The Labute approximate surface area is 155 Å². The number of nitrogens with zero attached hydrogens (tertiary/aromatic N) is 2. The quantitative estimate of drug-likeness (QED) is 0.665. The molecule has 134 valence electrons. The van der Waals surface area contributed by atoms with Crippen molar-refractivity contribution >= 4 is 39.9 Å². The number of fused-ring (bicyclic) bond motifs is 1. The first kappa shape index (κ1) is 16.9. The molecule has 1 N–H and O–H groups in total. The summed E-state index contributed by atoms with van der Waals surface area (Å²) in [5.41, 5.74) is 2.09. The van der Waals surface area contributed by atoms with Gasteiger partial charge in [0.2, 0.25) is 11.8 Å². The highest BCUT2D eigenvalue weighted by Gasteiger charge is 2.30. The number of thiazole rings is 1. The first-order chi connectivity index (χ1) is 12.6. The summed E-state index contributed by atoms with van der Waals surface area (Å²) in [4.78, 5) is 43.1. The van der Waals surface area contributed by atoms with Crippen molar-refractivity contribution in [1.82, 2.24) is 4.98 Å². The minimum atomic E-state index is -0.237. The first-order valence-corrected chi connectivity index (χ1v) is 9.69. The number of aromatic nitrogens is 1. The Morgan fingerprint density at radius 3 is 2.38 bits per heavy atom. The fourth-order valence-corrected chi connectivity index (χ4v) is 4.42. The predicted molar refractivity (Wildman–Crippen MR) is 99.5 cm³/mol. The number of carbonyl (C=O) groups excluding carboxylic acids is 3. The third-order valence-electron chi connectivity index (χ3n) is 4.76. The second-order valence-electron chi connectivity index (χ2n) is 6.57. The molecule has 1 aliphatic carbocycles. The lowest BCUT2D eigenvalue weighted by Gasteiger charge is -2.13. The van der Waals surface area contributed by atoms with E-state index < -0.39 is 0 Å². The van der Waals surface area contributed by atoms with Crippen molar-refractivity contribution in [3.8, 4) is 0 Å². The Morgan fingerprint density at radius 1 is 0.962 bits per heavy atom. The number of aryl methyl sites for hydroxylation is 2. The molecule has 1 aromatic carbocycles. The molecule has 26 heavy (non-hydrogen) atoms. The molecule has 0 bridgehead atoms. The van der Waals surface area contributed by atoms with Crippen LogP contribution in [-0.2, 0) is 22.4 Å². The molecule has 2 aromatic rings. The second-order valence-corrected chi connectivity index (χ2v) is 7.66. The van der Waals surface area contributed by atoms with Gasteiger partial charge in [0, 0.05) is 23.3 Å². The van der Waals surface area contributed by atoms with Gasteiger partial charge in [0.05, 0.1) is 11.4 Å². The summed E-state index contributed by atoms with van der Waals surface area (Å²) in [6.45, 7) is 0. The van der Waals surface area contributed by atoms with Crippen molar-refractivity contribution in [3.63, 3.8) is 0 Å². The van der Waals surface area contributed by atoms with Gasteiger partial charge in [-0.15, -0.1) is 11.3 Å². The number of amides is 3. The highest BCUT2D eigenvalue weighted by atomic mass is 32.1. The fraction of sp³-hybridized carbons (Fsp3) is 0.368. The van der Waals surface area contributed by atoms with E-state index >= 15 is 0 Å². The van der Waals surface area contributed by atoms with E-state index in [0.717, 1.165) is 25.0 Å². The molecule has 1 fully saturated rings. The van der Waals surface area contributed by atoms with Gasteiger partial charge < -0.3 is 0 Å². The monoisotopic (exact) mass is 369 g/mol. The number of carbonyl (C=O) groups is 3. The van der Waals surface area contributed by atoms with Gasteiger partial charge in [-0.2, -0.15) is 0 Å². The Bertz CT molecular complexity index is 833. The van der Waals surface area contributed by atoms with Crippen LogP contribution in [0.25, 0.3) is 0 Å². The third kappa shape index (κ3) is 3.26. The average molecular weight is 369 g/mol. The largest absolute Gasteiger partial charge is 0.298 e. The van der Waals surface area contributed by atoms with Gasteiger partial charge >= 0.3 is 0 Å². The zero-order chi connectivity index (χ0) is 18.1. The Kier molecular flexibility index (Phi) is 4.55. The summed E-state index contributed by atoms with van der Waals surface area (Å²) in [5.74, 6) is -0.632. The van der Waals surface area contributed by atoms with Crippen LogP contribution < -0.4 is 10.2 Å². The van der Waals surface area contributed by atoms with E-state index in [4.69, 9.17) is 0 Å². The number of benzene rings is 1. The molecule has 1 aromatic heterocycles. The van der Waals surface area contributed by atoms with Crippen LogP contribution in [0.4, 0.5) is 10.8 Å². The van der Waals surface area contributed by atoms with E-state index in [1.165, 1.54) is 22.6 Å². The molecule has 2 heterocycles. The van der Waals surface area contributed by atoms with E-state index in [2.05, 4.69) is 10.3 Å². The highest BCUT2D eigenvalue weighted by molar-refractivity contribution is 7.15. The summed E-state index contributed by atoms with van der Waals surface area (Å²) >= 11 is 1.56. The summed E-state index contributed by atoms with van der Waals surface area (Å²) in [6, 6.07) is 6.52. The molecular weight excluding hydrogens is 350 g/mol. The second kappa shape index (κ2) is 6.99. The van der Waals surface area contributed by atoms with Crippen LogP contribution in [0.5, 0.6) is 0 Å². The zero-order valence-electron chi connectivity index (χ0n) is 14.3. The number of hydrogen-bond acceptors (Lipinski definition) is 5. The number of hydrogen-bond donors (Lipinski definition) is 1. The normalized spacial score (nSPS) is 17.2. The van der Waals surface area contributed by atoms with Crippen LogP contribution in [0, 0.1) is 0 Å². The Hall–Kier alpha value is -2.54. The Morgan fingerprint density at radius 2 is 1.65 bits per heavy atom. The van der Waals surface area contributed by atoms with Crippen molar-refractivity contribution in [2.45, 2.75) is 44.9 Å². The van der Waals surface area contributed by atoms with Gasteiger partial charge in [-0.05, 0) is 49.9 Å². The molecular formula is C19H19N3O3S. The lowest BCUT2D eigenvalue weighted by molar-refractivity contribution is -0.121. The van der Waals surface area contributed by atoms with E-state index in [1.807, 2.05) is 0 Å². The fourth-order valence-electron chi connectivity index (χ4n) is 3.38. The van der Waals surface area contributed by atoms with E-state index in [-0.39, 0.29) is 30.6 Å². The van der Waals surface area contributed by atoms with Gasteiger partial charge in [-0.1, -0.05) is 6.42 Å². The van der Waals surface area contributed by atoms with Crippen LogP contribution in [0.2, 0.25) is 0 Å². The molecule has 0 spiro atoms. The van der Waals surface area contributed by atoms with Gasteiger partial charge in [0.25, 0.3) is 5.91 Å². The summed E-state index contributed by atoms with van der Waals surface area (Å²) in [6.07, 6.45) is 6.08. The molecule has 0 unspecified atom stereocenters. The van der Waals surface area contributed by atoms with Crippen LogP contribution in [-0.4, -0.2) is 22.7 Å². The molecule has 0 atom stereocenters. The SMILES string of the molecule is O=C(Nc1nc2c(s1)CCCCC2)c1ccc(N2C(=O)CCC2=O)cc1. The average Bonchev–Trinajstić information content (AvgIpc) is 3.09. The summed E-state index contributed by atoms with van der Waals surface area (Å²) in [5, 5.41) is 3.50. The smallest absolute Gasteiger partial charge is 0.257 e. The van der Waals surface area contributed by atoms with E-state index in [9.17, 15) is 14.4 Å². The molecule has 1 aliphatic heterocycles. The lowest BCUT2D eigenvalue weighted by atomic mass is 10.2. The molecule has 0 saturated carbocycles. The minimum Gasteiger partial charge on any atom is -0.298 e. The number of anilines is 2. The minimum absolute atomic E-state index is 0.198. The van der Waals surface area contributed by atoms with Crippen molar-refractivity contribution in [2.24, 2.45) is 0 Å². The van der Waals surface area contributed by atoms with E-state index in [1.54, 1.807) is 35.6 Å². The van der Waals surface area contributed by atoms with Crippen molar-refractivity contribution in [3.05, 3.63) is 40.4 Å². The van der Waals surface area contributed by atoms with Crippen molar-refractivity contribution < 1.29 is 14.4 Å². The predicted octanol–water partition coefficient (Wildman–Crippen LogP) is 3.32. The topological polar surface area (TPSA) is 79.4 Å². The molecule has 6 nitrogen and oxygen atoms in total. The van der Waals surface area contributed by atoms with Crippen LogP contribution >= 0.6 is 11.3 Å². The maximum Gasteiger partial charge on any atom is 0.257 e. The van der Waals surface area contributed by atoms with Gasteiger partial charge in [0.1, 0.15) is 0 Å². The van der Waals surface area contributed by atoms with Gasteiger partial charge in [0.15, 0.2) is 5.13 Å². The summed E-state index contributed by atoms with van der Waals surface area (Å²) < 4.78 is 0. The van der Waals surface area contributed by atoms with Crippen LogP contribution in [0.3, 0.4) is 0 Å². The van der Waals surface area contributed by atoms with E-state index in [0.29, 0.717) is 16.4 Å². The van der Waals surface area contributed by atoms with Crippen LogP contribution in [0.15, 0.2) is 24.3 Å². The number of nitrogens with one attached hydrogen (secondary N) is 1. The third-order valence-corrected chi connectivity index (χ3v) is 5.83. The molecule has 2 aliphatic rings. The molecule has 4 rings (SSSR count).